The van der Waals surface area contributed by atoms with Crippen LogP contribution in [0.3, 0.4) is 0 Å². The Kier molecular flexibility index (Phi) is 6.63. The summed E-state index contributed by atoms with van der Waals surface area (Å²) in [6.45, 7) is 15.8. The third-order valence-corrected chi connectivity index (χ3v) is 4.90. The minimum Gasteiger partial charge on any atom is -0.373 e. The minimum absolute atomic E-state index is 0.0724. The molecule has 6 heteroatoms. The van der Waals surface area contributed by atoms with Gasteiger partial charge in [0.15, 0.2) is 0 Å². The van der Waals surface area contributed by atoms with Gasteiger partial charge in [-0.25, -0.2) is 0 Å². The Bertz CT molecular complexity index is 555. The molecule has 1 amide bonds. The second kappa shape index (κ2) is 8.32. The maximum Gasteiger partial charge on any atom is 0.238 e. The molecule has 6 nitrogen and oxygen atoms in total. The smallest absolute Gasteiger partial charge is 0.238 e. The average Bonchev–Trinajstić information content (AvgIpc) is 2.83. The Hall–Kier alpha value is -1.40. The number of aromatic nitrogens is 1. The number of ether oxygens (including phenoxy) is 1. The van der Waals surface area contributed by atoms with Gasteiger partial charge in [-0.3, -0.25) is 9.69 Å². The molecule has 0 bridgehead atoms. The number of hydrogen-bond acceptors (Lipinski definition) is 5. The van der Waals surface area contributed by atoms with Crippen LogP contribution in [0.25, 0.3) is 0 Å². The second-order valence-corrected chi connectivity index (χ2v) is 7.61. The van der Waals surface area contributed by atoms with Crippen molar-refractivity contribution in [2.24, 2.45) is 5.92 Å². The van der Waals surface area contributed by atoms with Crippen molar-refractivity contribution < 1.29 is 14.1 Å². The van der Waals surface area contributed by atoms with Crippen LogP contribution in [-0.2, 0) is 9.53 Å². The van der Waals surface area contributed by atoms with E-state index < -0.39 is 0 Å². The molecule has 0 unspecified atom stereocenters. The van der Waals surface area contributed by atoms with Gasteiger partial charge in [0, 0.05) is 18.7 Å². The highest BCUT2D eigenvalue weighted by Crippen LogP contribution is 2.25. The summed E-state index contributed by atoms with van der Waals surface area (Å²) in [5.74, 6) is 1.07. The molecular weight excluding hydrogens is 318 g/mol. The van der Waals surface area contributed by atoms with E-state index in [0.717, 1.165) is 36.5 Å². The summed E-state index contributed by atoms with van der Waals surface area (Å²) in [6.07, 6.45) is 1.08. The van der Waals surface area contributed by atoms with Gasteiger partial charge < -0.3 is 14.6 Å². The van der Waals surface area contributed by atoms with E-state index in [1.54, 1.807) is 0 Å². The van der Waals surface area contributed by atoms with Crippen LogP contribution >= 0.6 is 0 Å². The molecule has 2 rings (SSSR count). The first kappa shape index (κ1) is 19.9. The van der Waals surface area contributed by atoms with Crippen molar-refractivity contribution in [1.82, 2.24) is 15.4 Å². The van der Waals surface area contributed by atoms with Crippen molar-refractivity contribution in [2.45, 2.75) is 79.2 Å². The molecule has 142 valence electrons. The van der Waals surface area contributed by atoms with Crippen LogP contribution in [0, 0.1) is 19.8 Å². The monoisotopic (exact) mass is 351 g/mol. The quantitative estimate of drug-likeness (QED) is 0.853. The Labute approximate surface area is 151 Å². The fraction of sp³-hybridized carbons (Fsp3) is 0.789. The molecule has 1 aromatic heterocycles. The molecular formula is C19H33N3O3. The molecule has 0 spiro atoms. The molecule has 1 aliphatic rings. The summed E-state index contributed by atoms with van der Waals surface area (Å²) in [4.78, 5) is 15.4. The van der Waals surface area contributed by atoms with E-state index in [4.69, 9.17) is 9.26 Å². The number of nitrogens with zero attached hydrogens (tertiary/aromatic N) is 2. The number of hydrogen-bond donors (Lipinski definition) is 1. The van der Waals surface area contributed by atoms with Gasteiger partial charge in [0.05, 0.1) is 30.0 Å². The summed E-state index contributed by atoms with van der Waals surface area (Å²) in [5, 5.41) is 7.27. The van der Waals surface area contributed by atoms with Crippen molar-refractivity contribution in [1.29, 1.82) is 0 Å². The van der Waals surface area contributed by atoms with Crippen LogP contribution in [0.15, 0.2) is 4.52 Å². The van der Waals surface area contributed by atoms with Gasteiger partial charge in [-0.1, -0.05) is 25.9 Å². The fourth-order valence-electron chi connectivity index (χ4n) is 3.96. The maximum atomic E-state index is 13.1. The SMILES string of the molecule is CC[C@H](NC(=O)[C@H](C(C)C)N1C[C@@H](C)O[C@H](C)C1)c1c(C)noc1C. The Balaban J connectivity index is 2.17. The molecule has 0 aliphatic carbocycles. The average molecular weight is 351 g/mol. The van der Waals surface area contributed by atoms with Gasteiger partial charge in [-0.15, -0.1) is 0 Å². The largest absolute Gasteiger partial charge is 0.373 e. The third kappa shape index (κ3) is 4.61. The van der Waals surface area contributed by atoms with Crippen LogP contribution in [0.1, 0.15) is 64.1 Å². The summed E-state index contributed by atoms with van der Waals surface area (Å²) in [5.41, 5.74) is 1.85. The number of morpholine rings is 1. The number of aryl methyl sites for hydroxylation is 2. The van der Waals surface area contributed by atoms with Crippen LogP contribution in [0.4, 0.5) is 0 Å². The molecule has 1 N–H and O–H groups in total. The van der Waals surface area contributed by atoms with Crippen molar-refractivity contribution >= 4 is 5.91 Å². The molecule has 1 saturated heterocycles. The summed E-state index contributed by atoms with van der Waals surface area (Å²) >= 11 is 0. The topological polar surface area (TPSA) is 67.6 Å². The first-order valence-corrected chi connectivity index (χ1v) is 9.37. The number of amides is 1. The van der Waals surface area contributed by atoms with E-state index in [2.05, 4.69) is 50.0 Å². The number of nitrogens with one attached hydrogen (secondary N) is 1. The number of carbonyl (C=O) groups excluding carboxylic acids is 1. The molecule has 4 atom stereocenters. The first-order chi connectivity index (χ1) is 11.7. The van der Waals surface area contributed by atoms with Crippen molar-refractivity contribution in [2.75, 3.05) is 13.1 Å². The molecule has 2 heterocycles. The number of rotatable bonds is 6. The van der Waals surface area contributed by atoms with Gasteiger partial charge in [-0.2, -0.15) is 0 Å². The highest BCUT2D eigenvalue weighted by molar-refractivity contribution is 5.82. The molecule has 0 saturated carbocycles. The van der Waals surface area contributed by atoms with Crippen LogP contribution in [-0.4, -0.2) is 47.3 Å². The number of carbonyl (C=O) groups is 1. The van der Waals surface area contributed by atoms with E-state index in [9.17, 15) is 4.79 Å². The van der Waals surface area contributed by atoms with Gasteiger partial charge >= 0.3 is 0 Å². The van der Waals surface area contributed by atoms with Crippen molar-refractivity contribution in [3.63, 3.8) is 0 Å². The summed E-state index contributed by atoms with van der Waals surface area (Å²) in [6, 6.07) is -0.237. The predicted molar refractivity (Wildman–Crippen MR) is 97.4 cm³/mol. The fourth-order valence-corrected chi connectivity index (χ4v) is 3.96. The van der Waals surface area contributed by atoms with Crippen molar-refractivity contribution in [3.05, 3.63) is 17.0 Å². The Morgan fingerprint density at radius 1 is 1.28 bits per heavy atom. The third-order valence-electron chi connectivity index (χ3n) is 4.90. The highest BCUT2D eigenvalue weighted by atomic mass is 16.5. The standard InChI is InChI=1S/C19H33N3O3/c1-8-16(17-14(6)21-25-15(17)7)20-19(23)18(11(2)3)22-9-12(4)24-13(5)10-22/h11-13,16,18H,8-10H2,1-7H3,(H,20,23)/t12-,13-,16+,18+/m1/s1. The zero-order valence-corrected chi connectivity index (χ0v) is 16.6. The molecule has 1 aliphatic heterocycles. The maximum absolute atomic E-state index is 13.1. The van der Waals surface area contributed by atoms with E-state index in [-0.39, 0.29) is 36.1 Å². The minimum atomic E-state index is -0.164. The van der Waals surface area contributed by atoms with Crippen LogP contribution < -0.4 is 5.32 Å². The van der Waals surface area contributed by atoms with E-state index in [1.165, 1.54) is 0 Å². The summed E-state index contributed by atoms with van der Waals surface area (Å²) in [7, 11) is 0. The lowest BCUT2D eigenvalue weighted by molar-refractivity contribution is -0.136. The highest BCUT2D eigenvalue weighted by Gasteiger charge is 2.35. The van der Waals surface area contributed by atoms with Crippen molar-refractivity contribution in [3.8, 4) is 0 Å². The lowest BCUT2D eigenvalue weighted by Crippen LogP contribution is -2.57. The van der Waals surface area contributed by atoms with E-state index in [1.807, 2.05) is 13.8 Å². The van der Waals surface area contributed by atoms with Gasteiger partial charge in [0.2, 0.25) is 5.91 Å². The zero-order chi connectivity index (χ0) is 18.7. The molecule has 1 fully saturated rings. The molecule has 1 aromatic rings. The van der Waals surface area contributed by atoms with Gasteiger partial charge in [-0.05, 0) is 40.0 Å². The lowest BCUT2D eigenvalue weighted by atomic mass is 9.97. The molecule has 0 aromatic carbocycles. The lowest BCUT2D eigenvalue weighted by Gasteiger charge is -2.41. The van der Waals surface area contributed by atoms with Crippen LogP contribution in [0.5, 0.6) is 0 Å². The van der Waals surface area contributed by atoms with Crippen LogP contribution in [0.2, 0.25) is 0 Å². The molecule has 25 heavy (non-hydrogen) atoms. The molecule has 0 radical (unpaired) electrons. The van der Waals surface area contributed by atoms with Gasteiger partial charge in [0.25, 0.3) is 0 Å². The predicted octanol–water partition coefficient (Wildman–Crippen LogP) is 2.99. The van der Waals surface area contributed by atoms with Gasteiger partial charge in [0.1, 0.15) is 5.76 Å². The Morgan fingerprint density at radius 3 is 2.32 bits per heavy atom. The zero-order valence-electron chi connectivity index (χ0n) is 16.6. The Morgan fingerprint density at radius 2 is 1.88 bits per heavy atom. The van der Waals surface area contributed by atoms with E-state index in [0.29, 0.717) is 0 Å². The first-order valence-electron chi connectivity index (χ1n) is 9.37. The second-order valence-electron chi connectivity index (χ2n) is 7.61. The summed E-state index contributed by atoms with van der Waals surface area (Å²) < 4.78 is 11.1. The normalized spacial score (nSPS) is 24.3. The van der Waals surface area contributed by atoms with E-state index >= 15 is 0 Å².